The summed E-state index contributed by atoms with van der Waals surface area (Å²) < 4.78 is 13.4. The molecule has 2 aromatic rings. The van der Waals surface area contributed by atoms with Crippen molar-refractivity contribution in [1.29, 1.82) is 0 Å². The molecule has 1 amide bonds. The highest BCUT2D eigenvalue weighted by Gasteiger charge is 2.17. The Balaban J connectivity index is 2.53. The summed E-state index contributed by atoms with van der Waals surface area (Å²) in [6.07, 6.45) is 1.37. The molecule has 0 aliphatic heterocycles. The lowest BCUT2D eigenvalue weighted by Gasteiger charge is -2.21. The van der Waals surface area contributed by atoms with Gasteiger partial charge in [-0.1, -0.05) is 11.6 Å². The van der Waals surface area contributed by atoms with Gasteiger partial charge in [0, 0.05) is 29.9 Å². The second kappa shape index (κ2) is 5.85. The fourth-order valence-corrected chi connectivity index (χ4v) is 1.96. The number of carbonyl (C=O) groups is 1. The number of pyridine rings is 1. The van der Waals surface area contributed by atoms with E-state index >= 15 is 0 Å². The molecule has 0 fully saturated rings. The van der Waals surface area contributed by atoms with Crippen LogP contribution in [-0.4, -0.2) is 10.9 Å². The van der Waals surface area contributed by atoms with Crippen LogP contribution < -0.4 is 10.4 Å². The summed E-state index contributed by atoms with van der Waals surface area (Å²) in [5.41, 5.74) is 2.18. The van der Waals surface area contributed by atoms with Crippen molar-refractivity contribution in [3.63, 3.8) is 0 Å². The highest BCUT2D eigenvalue weighted by molar-refractivity contribution is 6.31. The molecule has 0 aliphatic rings. The van der Waals surface area contributed by atoms with Crippen molar-refractivity contribution in [1.82, 2.24) is 4.98 Å². The summed E-state index contributed by atoms with van der Waals surface area (Å²) in [6, 6.07) is 6.56. The molecule has 0 radical (unpaired) electrons. The predicted molar refractivity (Wildman–Crippen MR) is 75.5 cm³/mol. The minimum absolute atomic E-state index is 0.157. The Labute approximate surface area is 119 Å². The van der Waals surface area contributed by atoms with Crippen LogP contribution >= 0.6 is 11.6 Å². The second-order valence-corrected chi connectivity index (χ2v) is 4.42. The Morgan fingerprint density at radius 1 is 1.40 bits per heavy atom. The number of halogens is 2. The van der Waals surface area contributed by atoms with Crippen LogP contribution in [0, 0.1) is 11.0 Å². The topological polar surface area (TPSA) is 68.3 Å². The van der Waals surface area contributed by atoms with Crippen LogP contribution in [-0.2, 0) is 4.79 Å². The van der Waals surface area contributed by atoms with E-state index in [-0.39, 0.29) is 28.1 Å². The van der Waals surface area contributed by atoms with Crippen LogP contribution in [0.15, 0.2) is 36.5 Å². The normalized spacial score (nSPS) is 10.2. The molecular formula is C13H10ClFN3O2-. The van der Waals surface area contributed by atoms with Crippen LogP contribution in [0.5, 0.6) is 0 Å². The lowest BCUT2D eigenvalue weighted by atomic mass is 10.2. The Hall–Kier alpha value is -2.18. The fourth-order valence-electron chi connectivity index (χ4n) is 1.75. The molecule has 0 saturated heterocycles. The first-order valence-electron chi connectivity index (χ1n) is 5.62. The lowest BCUT2D eigenvalue weighted by molar-refractivity contribution is -0.115. The molecule has 20 heavy (non-hydrogen) atoms. The van der Waals surface area contributed by atoms with Crippen molar-refractivity contribution in [2.45, 2.75) is 6.92 Å². The highest BCUT2D eigenvalue weighted by Crippen LogP contribution is 2.28. The van der Waals surface area contributed by atoms with Crippen LogP contribution in [0.3, 0.4) is 0 Å². The fraction of sp³-hybridized carbons (Fsp3) is 0.0769. The Kier molecular flexibility index (Phi) is 4.16. The summed E-state index contributed by atoms with van der Waals surface area (Å²) in [7, 11) is 0. The van der Waals surface area contributed by atoms with E-state index in [0.717, 1.165) is 17.0 Å². The van der Waals surface area contributed by atoms with Crippen molar-refractivity contribution in [2.24, 2.45) is 0 Å². The average molecular weight is 295 g/mol. The smallest absolute Gasteiger partial charge is 0.229 e. The van der Waals surface area contributed by atoms with Gasteiger partial charge in [-0.2, -0.15) is 0 Å². The second-order valence-electron chi connectivity index (χ2n) is 3.99. The van der Waals surface area contributed by atoms with Crippen LogP contribution in [0.25, 0.3) is 0 Å². The van der Waals surface area contributed by atoms with Crippen molar-refractivity contribution < 1.29 is 9.18 Å². The SMILES string of the molecule is CC(=O)N(c1cc(F)cc(Cl)c1)c1cc(N[O-])ccn1. The predicted octanol–water partition coefficient (Wildman–Crippen LogP) is 3.47. The maximum Gasteiger partial charge on any atom is 0.229 e. The molecule has 0 unspecified atom stereocenters. The number of anilines is 3. The van der Waals surface area contributed by atoms with Gasteiger partial charge >= 0.3 is 0 Å². The highest BCUT2D eigenvalue weighted by atomic mass is 35.5. The van der Waals surface area contributed by atoms with E-state index in [2.05, 4.69) is 4.98 Å². The summed E-state index contributed by atoms with van der Waals surface area (Å²) in [5, 5.41) is 10.8. The summed E-state index contributed by atoms with van der Waals surface area (Å²) in [5.74, 6) is -0.765. The molecule has 2 rings (SSSR count). The molecule has 0 saturated carbocycles. The monoisotopic (exact) mass is 294 g/mol. The van der Waals surface area contributed by atoms with Gasteiger partial charge < -0.3 is 10.7 Å². The Morgan fingerprint density at radius 2 is 2.15 bits per heavy atom. The molecule has 1 aromatic heterocycles. The third kappa shape index (κ3) is 3.04. The molecule has 0 aliphatic carbocycles. The number of hydrogen-bond acceptors (Lipinski definition) is 4. The van der Waals surface area contributed by atoms with Gasteiger partial charge in [-0.25, -0.2) is 9.37 Å². The van der Waals surface area contributed by atoms with Crippen molar-refractivity contribution in [3.05, 3.63) is 52.6 Å². The quantitative estimate of drug-likeness (QED) is 0.880. The standard InChI is InChI=1S/C13H10ClFN3O2/c1-8(19)18(12-5-9(14)4-10(15)6-12)13-7-11(17-20)2-3-16-13/h2-7H,1H3,(H-,16,17,20)/q-1. The van der Waals surface area contributed by atoms with Gasteiger partial charge in [0.15, 0.2) is 0 Å². The lowest BCUT2D eigenvalue weighted by Crippen LogP contribution is -2.23. The van der Waals surface area contributed by atoms with Gasteiger partial charge in [0.1, 0.15) is 11.6 Å². The third-order valence-corrected chi connectivity index (χ3v) is 2.73. The van der Waals surface area contributed by atoms with Crippen LogP contribution in [0.2, 0.25) is 5.02 Å². The van der Waals surface area contributed by atoms with E-state index in [4.69, 9.17) is 11.6 Å². The summed E-state index contributed by atoms with van der Waals surface area (Å²) >= 11 is 5.78. The number of aromatic nitrogens is 1. The third-order valence-electron chi connectivity index (χ3n) is 2.51. The largest absolute Gasteiger partial charge is 0.761 e. The van der Waals surface area contributed by atoms with Crippen molar-refractivity contribution in [3.8, 4) is 0 Å². The molecule has 1 heterocycles. The van der Waals surface area contributed by atoms with Gasteiger partial charge in [0.25, 0.3) is 0 Å². The maximum absolute atomic E-state index is 13.4. The minimum Gasteiger partial charge on any atom is -0.761 e. The number of carbonyl (C=O) groups excluding carboxylic acids is 1. The molecule has 7 heteroatoms. The van der Waals surface area contributed by atoms with E-state index in [0.29, 0.717) is 0 Å². The van der Waals surface area contributed by atoms with Crippen molar-refractivity contribution >= 4 is 34.7 Å². The van der Waals surface area contributed by atoms with Crippen molar-refractivity contribution in [2.75, 3.05) is 10.4 Å². The molecule has 1 N–H and O–H groups in total. The number of amides is 1. The Bertz CT molecular complexity index is 631. The van der Waals surface area contributed by atoms with Gasteiger partial charge in [0.05, 0.1) is 5.69 Å². The maximum atomic E-state index is 13.4. The van der Waals surface area contributed by atoms with Gasteiger partial charge in [-0.15, -0.1) is 0 Å². The zero-order valence-corrected chi connectivity index (χ0v) is 11.2. The zero-order chi connectivity index (χ0) is 14.7. The molecular weight excluding hydrogens is 285 g/mol. The summed E-state index contributed by atoms with van der Waals surface area (Å²) in [6.45, 7) is 1.30. The number of benzene rings is 1. The first kappa shape index (κ1) is 14.2. The van der Waals surface area contributed by atoms with Crippen LogP contribution in [0.4, 0.5) is 21.6 Å². The first-order valence-corrected chi connectivity index (χ1v) is 6.00. The molecule has 0 bridgehead atoms. The minimum atomic E-state index is -0.572. The number of nitrogens with one attached hydrogen (secondary N) is 1. The van der Waals surface area contributed by atoms with E-state index in [9.17, 15) is 14.4 Å². The van der Waals surface area contributed by atoms with E-state index in [1.165, 1.54) is 31.3 Å². The average Bonchev–Trinajstić information content (AvgIpc) is 2.37. The zero-order valence-electron chi connectivity index (χ0n) is 10.4. The number of rotatable bonds is 3. The van der Waals surface area contributed by atoms with Gasteiger partial charge in [-0.3, -0.25) is 9.69 Å². The number of nitrogens with zero attached hydrogens (tertiary/aromatic N) is 2. The molecule has 5 nitrogen and oxygen atoms in total. The first-order chi connectivity index (χ1) is 9.51. The summed E-state index contributed by atoms with van der Waals surface area (Å²) in [4.78, 5) is 17.0. The molecule has 104 valence electrons. The van der Waals surface area contributed by atoms with E-state index < -0.39 is 5.82 Å². The molecule has 0 spiro atoms. The molecule has 1 aromatic carbocycles. The van der Waals surface area contributed by atoms with E-state index in [1.54, 1.807) is 5.48 Å². The van der Waals surface area contributed by atoms with Crippen LogP contribution in [0.1, 0.15) is 6.92 Å². The number of hydrogen-bond donors (Lipinski definition) is 1. The van der Waals surface area contributed by atoms with E-state index in [1.807, 2.05) is 0 Å². The Morgan fingerprint density at radius 3 is 2.75 bits per heavy atom. The van der Waals surface area contributed by atoms with Gasteiger partial charge in [0.2, 0.25) is 5.91 Å². The van der Waals surface area contributed by atoms with Gasteiger partial charge in [-0.05, 0) is 24.3 Å². The molecule has 0 atom stereocenters.